The molecular weight excluding hydrogens is 269 g/mol. The molecule has 1 aliphatic rings. The summed E-state index contributed by atoms with van der Waals surface area (Å²) in [6.07, 6.45) is 4.02. The Morgan fingerprint density at radius 1 is 1.42 bits per heavy atom. The minimum absolute atomic E-state index is 0.00623. The summed E-state index contributed by atoms with van der Waals surface area (Å²) in [7, 11) is -3.75. The first-order valence-corrected chi connectivity index (χ1v) is 7.48. The second kappa shape index (κ2) is 5.40. The van der Waals surface area contributed by atoms with Crippen molar-refractivity contribution < 1.29 is 17.9 Å². The number of aliphatic hydroxyl groups excluding tert-OH is 1. The first-order valence-electron chi connectivity index (χ1n) is 6.00. The number of hydrogen-bond donors (Lipinski definition) is 2. The van der Waals surface area contributed by atoms with Gasteiger partial charge in [-0.15, -0.1) is 0 Å². The van der Waals surface area contributed by atoms with Crippen molar-refractivity contribution in [3.63, 3.8) is 0 Å². The van der Waals surface area contributed by atoms with Gasteiger partial charge in [-0.1, -0.05) is 18.2 Å². The molecular formula is C13H16FNO3S. The van der Waals surface area contributed by atoms with Gasteiger partial charge in [0.2, 0.25) is 10.0 Å². The van der Waals surface area contributed by atoms with E-state index in [1.54, 1.807) is 19.1 Å². The number of rotatable bonds is 4. The van der Waals surface area contributed by atoms with Crippen LogP contribution in [0.15, 0.2) is 35.2 Å². The molecule has 0 radical (unpaired) electrons. The Balaban J connectivity index is 2.20. The number of hydrogen-bond acceptors (Lipinski definition) is 3. The molecule has 4 nitrogen and oxygen atoms in total. The molecule has 1 aromatic carbocycles. The SMILES string of the molecule is Cc1ccc(F)cc1S(=O)(=O)N[C@@H]1C=C[C@H](CO)C1. The van der Waals surface area contributed by atoms with Crippen LogP contribution >= 0.6 is 0 Å². The molecule has 6 heteroatoms. The predicted molar refractivity (Wildman–Crippen MR) is 69.6 cm³/mol. The average molecular weight is 285 g/mol. The van der Waals surface area contributed by atoms with Crippen molar-refractivity contribution in [3.8, 4) is 0 Å². The molecule has 0 spiro atoms. The number of aryl methyl sites for hydroxylation is 1. The van der Waals surface area contributed by atoms with Gasteiger partial charge in [-0.3, -0.25) is 0 Å². The van der Waals surface area contributed by atoms with Gasteiger partial charge >= 0.3 is 0 Å². The predicted octanol–water partition coefficient (Wildman–Crippen LogP) is 1.35. The molecule has 0 heterocycles. The summed E-state index contributed by atoms with van der Waals surface area (Å²) in [4.78, 5) is -0.0478. The van der Waals surface area contributed by atoms with Crippen LogP contribution in [0.2, 0.25) is 0 Å². The Morgan fingerprint density at radius 2 is 2.16 bits per heavy atom. The first kappa shape index (κ1) is 14.2. The summed E-state index contributed by atoms with van der Waals surface area (Å²) >= 11 is 0. The Morgan fingerprint density at radius 3 is 2.79 bits per heavy atom. The van der Waals surface area contributed by atoms with Crippen LogP contribution in [0.3, 0.4) is 0 Å². The molecule has 2 atom stereocenters. The fourth-order valence-electron chi connectivity index (χ4n) is 2.12. The minimum Gasteiger partial charge on any atom is -0.396 e. The van der Waals surface area contributed by atoms with E-state index in [1.807, 2.05) is 0 Å². The van der Waals surface area contributed by atoms with Gasteiger partial charge in [-0.05, 0) is 31.0 Å². The second-order valence-corrected chi connectivity index (χ2v) is 6.38. The normalized spacial score (nSPS) is 22.9. The van der Waals surface area contributed by atoms with Crippen LogP contribution in [0.25, 0.3) is 0 Å². The highest BCUT2D eigenvalue weighted by Gasteiger charge is 2.25. The van der Waals surface area contributed by atoms with E-state index in [9.17, 15) is 12.8 Å². The van der Waals surface area contributed by atoms with Crippen molar-refractivity contribution in [2.45, 2.75) is 24.3 Å². The lowest BCUT2D eigenvalue weighted by atomic mass is 10.1. The lowest BCUT2D eigenvalue weighted by molar-refractivity contribution is 0.248. The van der Waals surface area contributed by atoms with Gasteiger partial charge in [0.05, 0.1) is 4.90 Å². The molecule has 0 bridgehead atoms. The van der Waals surface area contributed by atoms with Crippen molar-refractivity contribution in [3.05, 3.63) is 41.7 Å². The van der Waals surface area contributed by atoms with E-state index in [4.69, 9.17) is 5.11 Å². The van der Waals surface area contributed by atoms with E-state index in [0.717, 1.165) is 6.07 Å². The third-order valence-corrected chi connectivity index (χ3v) is 4.78. The Kier molecular flexibility index (Phi) is 4.03. The first-order chi connectivity index (χ1) is 8.92. The fraction of sp³-hybridized carbons (Fsp3) is 0.385. The molecule has 19 heavy (non-hydrogen) atoms. The third kappa shape index (κ3) is 3.20. The topological polar surface area (TPSA) is 66.4 Å². The van der Waals surface area contributed by atoms with Crippen LogP contribution in [0.5, 0.6) is 0 Å². The molecule has 2 rings (SSSR count). The number of sulfonamides is 1. The van der Waals surface area contributed by atoms with Crippen molar-refractivity contribution >= 4 is 10.0 Å². The van der Waals surface area contributed by atoms with Gasteiger partial charge in [-0.2, -0.15) is 0 Å². The third-order valence-electron chi connectivity index (χ3n) is 3.15. The summed E-state index contributed by atoms with van der Waals surface area (Å²) in [6.45, 7) is 1.61. The summed E-state index contributed by atoms with van der Waals surface area (Å²) in [6, 6.07) is 3.32. The van der Waals surface area contributed by atoms with Gasteiger partial charge in [0.25, 0.3) is 0 Å². The van der Waals surface area contributed by atoms with E-state index < -0.39 is 15.8 Å². The summed E-state index contributed by atoms with van der Waals surface area (Å²) in [5.74, 6) is -0.609. The smallest absolute Gasteiger partial charge is 0.241 e. The molecule has 0 aromatic heterocycles. The molecule has 1 aliphatic carbocycles. The highest BCUT2D eigenvalue weighted by molar-refractivity contribution is 7.89. The standard InChI is InChI=1S/C13H16FNO3S/c1-9-2-4-11(14)7-13(9)19(17,18)15-12-5-3-10(6-12)8-16/h2-5,7,10,12,15-16H,6,8H2,1H3/t10-,12+/m0/s1. The summed E-state index contributed by atoms with van der Waals surface area (Å²) in [5.41, 5.74) is 0.495. The zero-order valence-electron chi connectivity index (χ0n) is 10.5. The second-order valence-electron chi connectivity index (χ2n) is 4.70. The maximum atomic E-state index is 13.2. The maximum absolute atomic E-state index is 13.2. The highest BCUT2D eigenvalue weighted by atomic mass is 32.2. The zero-order chi connectivity index (χ0) is 14.0. The van der Waals surface area contributed by atoms with Crippen molar-refractivity contribution in [1.29, 1.82) is 0 Å². The molecule has 1 aromatic rings. The fourth-order valence-corrected chi connectivity index (χ4v) is 3.58. The van der Waals surface area contributed by atoms with Crippen LogP contribution in [0.4, 0.5) is 4.39 Å². The quantitative estimate of drug-likeness (QED) is 0.821. The lowest BCUT2D eigenvalue weighted by Crippen LogP contribution is -2.33. The van der Waals surface area contributed by atoms with Crippen molar-refractivity contribution in [1.82, 2.24) is 4.72 Å². The molecule has 0 saturated carbocycles. The van der Waals surface area contributed by atoms with Crippen LogP contribution < -0.4 is 4.72 Å². The molecule has 0 saturated heterocycles. The lowest BCUT2D eigenvalue weighted by Gasteiger charge is -2.14. The number of halogens is 1. The summed E-state index contributed by atoms with van der Waals surface area (Å²) < 4.78 is 40.0. The van der Waals surface area contributed by atoms with Gasteiger partial charge in [-0.25, -0.2) is 17.5 Å². The van der Waals surface area contributed by atoms with E-state index in [0.29, 0.717) is 12.0 Å². The van der Waals surface area contributed by atoms with Crippen molar-refractivity contribution in [2.24, 2.45) is 5.92 Å². The number of aliphatic hydroxyl groups is 1. The summed E-state index contributed by atoms with van der Waals surface area (Å²) in [5, 5.41) is 9.00. The molecule has 0 aliphatic heterocycles. The van der Waals surface area contributed by atoms with E-state index >= 15 is 0 Å². The zero-order valence-corrected chi connectivity index (χ0v) is 11.3. The average Bonchev–Trinajstić information content (AvgIpc) is 2.79. The van der Waals surface area contributed by atoms with Crippen LogP contribution in [0, 0.1) is 18.7 Å². The Hall–Kier alpha value is -1.24. The largest absolute Gasteiger partial charge is 0.396 e. The molecule has 0 fully saturated rings. The van der Waals surface area contributed by atoms with E-state index in [2.05, 4.69) is 4.72 Å². The van der Waals surface area contributed by atoms with Gasteiger partial charge in [0, 0.05) is 18.6 Å². The van der Waals surface area contributed by atoms with Crippen LogP contribution in [-0.4, -0.2) is 26.2 Å². The van der Waals surface area contributed by atoms with Crippen LogP contribution in [-0.2, 0) is 10.0 Å². The number of benzene rings is 1. The maximum Gasteiger partial charge on any atom is 0.241 e. The van der Waals surface area contributed by atoms with Gasteiger partial charge < -0.3 is 5.11 Å². The van der Waals surface area contributed by atoms with Gasteiger partial charge in [0.15, 0.2) is 0 Å². The monoisotopic (exact) mass is 285 g/mol. The molecule has 0 unspecified atom stereocenters. The van der Waals surface area contributed by atoms with Crippen LogP contribution in [0.1, 0.15) is 12.0 Å². The highest BCUT2D eigenvalue weighted by Crippen LogP contribution is 2.21. The molecule has 104 valence electrons. The van der Waals surface area contributed by atoms with Gasteiger partial charge in [0.1, 0.15) is 5.82 Å². The minimum atomic E-state index is -3.75. The Labute approximate surface area is 112 Å². The van der Waals surface area contributed by atoms with E-state index in [1.165, 1.54) is 12.1 Å². The number of nitrogens with one attached hydrogen (secondary N) is 1. The van der Waals surface area contributed by atoms with Crippen molar-refractivity contribution in [2.75, 3.05) is 6.61 Å². The molecule has 2 N–H and O–H groups in total. The van der Waals surface area contributed by atoms with E-state index in [-0.39, 0.29) is 23.5 Å². The Bertz CT molecular complexity index is 598. The molecule has 0 amide bonds.